The fourth-order valence-electron chi connectivity index (χ4n) is 1.94. The summed E-state index contributed by atoms with van der Waals surface area (Å²) in [5, 5.41) is 8.75. The molecular formula is C11H17NO2. The first-order chi connectivity index (χ1) is 6.74. The first-order valence-electron chi connectivity index (χ1n) is 5.09. The van der Waals surface area contributed by atoms with Crippen molar-refractivity contribution >= 4 is 5.97 Å². The van der Waals surface area contributed by atoms with Gasteiger partial charge in [-0.3, -0.25) is 9.69 Å². The van der Waals surface area contributed by atoms with Gasteiger partial charge in [-0.25, -0.2) is 0 Å². The van der Waals surface area contributed by atoms with Crippen molar-refractivity contribution in [2.45, 2.75) is 38.6 Å². The van der Waals surface area contributed by atoms with E-state index in [1.807, 2.05) is 4.90 Å². The largest absolute Gasteiger partial charge is 0.480 e. The standard InChI is InChI=1S/C11H17NO2/c1-2-3-8-12(9-11(13)14)10-6-4-5-7-10/h10H,4-9H2,1H3,(H,13,14). The Morgan fingerprint density at radius 3 is 2.64 bits per heavy atom. The van der Waals surface area contributed by atoms with Crippen LogP contribution in [-0.2, 0) is 4.79 Å². The Balaban J connectivity index is 2.48. The molecule has 0 aromatic carbocycles. The van der Waals surface area contributed by atoms with Crippen LogP contribution in [0.2, 0.25) is 0 Å². The molecule has 1 saturated carbocycles. The van der Waals surface area contributed by atoms with E-state index in [1.54, 1.807) is 6.92 Å². The van der Waals surface area contributed by atoms with E-state index in [0.29, 0.717) is 12.6 Å². The maximum atomic E-state index is 10.6. The molecule has 0 spiro atoms. The molecule has 14 heavy (non-hydrogen) atoms. The number of rotatable bonds is 4. The van der Waals surface area contributed by atoms with Gasteiger partial charge in [-0.15, -0.1) is 5.92 Å². The van der Waals surface area contributed by atoms with E-state index in [1.165, 1.54) is 12.8 Å². The Kier molecular flexibility index (Phi) is 4.48. The monoisotopic (exact) mass is 195 g/mol. The van der Waals surface area contributed by atoms with Crippen molar-refractivity contribution in [3.8, 4) is 11.8 Å². The minimum absolute atomic E-state index is 0.124. The van der Waals surface area contributed by atoms with Crippen molar-refractivity contribution in [1.29, 1.82) is 0 Å². The molecule has 0 aromatic heterocycles. The predicted molar refractivity (Wildman–Crippen MR) is 54.9 cm³/mol. The lowest BCUT2D eigenvalue weighted by Gasteiger charge is -2.24. The molecule has 1 rings (SSSR count). The summed E-state index contributed by atoms with van der Waals surface area (Å²) in [5.41, 5.74) is 0. The van der Waals surface area contributed by atoms with E-state index in [2.05, 4.69) is 11.8 Å². The number of carbonyl (C=O) groups is 1. The fraction of sp³-hybridized carbons (Fsp3) is 0.727. The van der Waals surface area contributed by atoms with Crippen molar-refractivity contribution in [3.05, 3.63) is 0 Å². The summed E-state index contributed by atoms with van der Waals surface area (Å²) in [7, 11) is 0. The molecule has 0 saturated heterocycles. The first-order valence-corrected chi connectivity index (χ1v) is 5.09. The van der Waals surface area contributed by atoms with E-state index in [0.717, 1.165) is 12.8 Å². The fourth-order valence-corrected chi connectivity index (χ4v) is 1.94. The third-order valence-electron chi connectivity index (χ3n) is 2.64. The van der Waals surface area contributed by atoms with Crippen LogP contribution in [0.4, 0.5) is 0 Å². The normalized spacial score (nSPS) is 16.7. The molecule has 3 heteroatoms. The highest BCUT2D eigenvalue weighted by Crippen LogP contribution is 2.22. The van der Waals surface area contributed by atoms with E-state index in [4.69, 9.17) is 5.11 Å². The number of carboxylic acids is 1. The first kappa shape index (κ1) is 11.1. The van der Waals surface area contributed by atoms with Gasteiger partial charge in [0.1, 0.15) is 0 Å². The van der Waals surface area contributed by atoms with Crippen LogP contribution < -0.4 is 0 Å². The third-order valence-corrected chi connectivity index (χ3v) is 2.64. The molecule has 78 valence electrons. The van der Waals surface area contributed by atoms with E-state index >= 15 is 0 Å². The summed E-state index contributed by atoms with van der Waals surface area (Å²) >= 11 is 0. The molecule has 3 nitrogen and oxygen atoms in total. The van der Waals surface area contributed by atoms with Gasteiger partial charge in [-0.2, -0.15) is 0 Å². The van der Waals surface area contributed by atoms with Gasteiger partial charge < -0.3 is 5.11 Å². The SMILES string of the molecule is CC#CCN(CC(=O)O)C1CCCC1. The van der Waals surface area contributed by atoms with Crippen LogP contribution in [0.25, 0.3) is 0 Å². The second-order valence-corrected chi connectivity index (χ2v) is 3.66. The predicted octanol–water partition coefficient (Wildman–Crippen LogP) is 1.34. The molecule has 1 fully saturated rings. The van der Waals surface area contributed by atoms with Crippen molar-refractivity contribution in [2.24, 2.45) is 0 Å². The highest BCUT2D eigenvalue weighted by Gasteiger charge is 2.23. The van der Waals surface area contributed by atoms with Crippen LogP contribution in [0.5, 0.6) is 0 Å². The zero-order chi connectivity index (χ0) is 10.4. The molecule has 1 N–H and O–H groups in total. The number of hydrogen-bond donors (Lipinski definition) is 1. The minimum Gasteiger partial charge on any atom is -0.480 e. The second kappa shape index (κ2) is 5.66. The van der Waals surface area contributed by atoms with Crippen LogP contribution >= 0.6 is 0 Å². The molecule has 1 aliphatic rings. The molecular weight excluding hydrogens is 178 g/mol. The van der Waals surface area contributed by atoms with Gasteiger partial charge in [0.2, 0.25) is 0 Å². The van der Waals surface area contributed by atoms with Crippen molar-refractivity contribution < 1.29 is 9.90 Å². The van der Waals surface area contributed by atoms with Crippen LogP contribution in [0.3, 0.4) is 0 Å². The average molecular weight is 195 g/mol. The smallest absolute Gasteiger partial charge is 0.317 e. The van der Waals surface area contributed by atoms with Crippen molar-refractivity contribution in [3.63, 3.8) is 0 Å². The molecule has 1 aliphatic carbocycles. The molecule has 0 amide bonds. The summed E-state index contributed by atoms with van der Waals surface area (Å²) in [5.74, 6) is 5.00. The minimum atomic E-state index is -0.755. The molecule has 0 aromatic rings. The van der Waals surface area contributed by atoms with Crippen LogP contribution in [0.1, 0.15) is 32.6 Å². The van der Waals surface area contributed by atoms with Gasteiger partial charge in [-0.05, 0) is 19.8 Å². The van der Waals surface area contributed by atoms with Gasteiger partial charge in [0, 0.05) is 6.04 Å². The van der Waals surface area contributed by atoms with Gasteiger partial charge in [-0.1, -0.05) is 18.8 Å². The molecule has 0 bridgehead atoms. The van der Waals surface area contributed by atoms with Crippen LogP contribution in [0, 0.1) is 11.8 Å². The number of hydrogen-bond acceptors (Lipinski definition) is 2. The Morgan fingerprint density at radius 2 is 2.14 bits per heavy atom. The van der Waals surface area contributed by atoms with E-state index in [9.17, 15) is 4.79 Å². The summed E-state index contributed by atoms with van der Waals surface area (Å²) in [6.07, 6.45) is 4.69. The maximum Gasteiger partial charge on any atom is 0.317 e. The van der Waals surface area contributed by atoms with Gasteiger partial charge in [0.25, 0.3) is 0 Å². The summed E-state index contributed by atoms with van der Waals surface area (Å²) in [6.45, 7) is 2.50. The van der Waals surface area contributed by atoms with Gasteiger partial charge in [0.15, 0.2) is 0 Å². The van der Waals surface area contributed by atoms with Crippen LogP contribution in [-0.4, -0.2) is 35.1 Å². The molecule has 0 unspecified atom stereocenters. The van der Waals surface area contributed by atoms with Crippen molar-refractivity contribution in [2.75, 3.05) is 13.1 Å². The summed E-state index contributed by atoms with van der Waals surface area (Å²) in [4.78, 5) is 12.6. The molecule has 0 heterocycles. The molecule has 0 aliphatic heterocycles. The molecule has 0 radical (unpaired) electrons. The van der Waals surface area contributed by atoms with Gasteiger partial charge in [0.05, 0.1) is 13.1 Å². The van der Waals surface area contributed by atoms with E-state index < -0.39 is 5.97 Å². The topological polar surface area (TPSA) is 40.5 Å². The third kappa shape index (κ3) is 3.39. The highest BCUT2D eigenvalue weighted by molar-refractivity contribution is 5.69. The Hall–Kier alpha value is -1.01. The lowest BCUT2D eigenvalue weighted by atomic mass is 10.2. The Bertz CT molecular complexity index is 246. The Morgan fingerprint density at radius 1 is 1.50 bits per heavy atom. The number of nitrogens with zero attached hydrogens (tertiary/aromatic N) is 1. The number of carboxylic acid groups (broad SMARTS) is 1. The van der Waals surface area contributed by atoms with Crippen LogP contribution in [0.15, 0.2) is 0 Å². The quantitative estimate of drug-likeness (QED) is 0.688. The Labute approximate surface area is 85.1 Å². The summed E-state index contributed by atoms with van der Waals surface area (Å²) < 4.78 is 0. The zero-order valence-corrected chi connectivity index (χ0v) is 8.62. The molecule has 0 atom stereocenters. The van der Waals surface area contributed by atoms with E-state index in [-0.39, 0.29) is 6.54 Å². The lowest BCUT2D eigenvalue weighted by Crippen LogP contribution is -2.37. The average Bonchev–Trinajstić information content (AvgIpc) is 2.64. The number of aliphatic carboxylic acids is 1. The summed E-state index contributed by atoms with van der Waals surface area (Å²) in [6, 6.07) is 0.437. The zero-order valence-electron chi connectivity index (χ0n) is 8.62. The maximum absolute atomic E-state index is 10.6. The lowest BCUT2D eigenvalue weighted by molar-refractivity contribution is -0.138. The van der Waals surface area contributed by atoms with Crippen molar-refractivity contribution in [1.82, 2.24) is 4.90 Å². The van der Waals surface area contributed by atoms with Gasteiger partial charge >= 0.3 is 5.97 Å². The second-order valence-electron chi connectivity index (χ2n) is 3.66. The highest BCUT2D eigenvalue weighted by atomic mass is 16.4.